The van der Waals surface area contributed by atoms with Crippen molar-refractivity contribution in [1.29, 1.82) is 0 Å². The van der Waals surface area contributed by atoms with Crippen molar-refractivity contribution >= 4 is 29.6 Å². The molecule has 22 heavy (non-hydrogen) atoms. The summed E-state index contributed by atoms with van der Waals surface area (Å²) in [5, 5.41) is 5.45. The monoisotopic (exact) mass is 329 g/mol. The van der Waals surface area contributed by atoms with Gasteiger partial charge in [0.05, 0.1) is 6.10 Å². The van der Waals surface area contributed by atoms with Crippen LogP contribution in [0.2, 0.25) is 0 Å². The molecule has 2 saturated heterocycles. The summed E-state index contributed by atoms with van der Waals surface area (Å²) >= 11 is 1.64. The summed E-state index contributed by atoms with van der Waals surface area (Å²) in [6.07, 6.45) is 1.50. The lowest BCUT2D eigenvalue weighted by atomic mass is 9.99. The number of hydrogen-bond donors (Lipinski definition) is 2. The first-order valence-electron chi connectivity index (χ1n) is 7.55. The fourth-order valence-electron chi connectivity index (χ4n) is 2.47. The second-order valence-corrected chi connectivity index (χ2v) is 6.93. The molecule has 2 aliphatic heterocycles. The number of carbonyl (C=O) groups is 3. The van der Waals surface area contributed by atoms with Crippen molar-refractivity contribution in [2.45, 2.75) is 38.3 Å². The Morgan fingerprint density at radius 1 is 1.50 bits per heavy atom. The lowest BCUT2D eigenvalue weighted by Gasteiger charge is -2.19. The molecule has 0 unspecified atom stereocenters. The summed E-state index contributed by atoms with van der Waals surface area (Å²) in [4.78, 5) is 37.2. The average molecular weight is 329 g/mol. The number of rotatable bonds is 7. The largest absolute Gasteiger partial charge is 0.379 e. The number of nitrogens with one attached hydrogen (secondary N) is 2. The van der Waals surface area contributed by atoms with Gasteiger partial charge < -0.3 is 15.4 Å². The van der Waals surface area contributed by atoms with Crippen LogP contribution >= 0.6 is 11.8 Å². The molecule has 2 fully saturated rings. The summed E-state index contributed by atoms with van der Waals surface area (Å²) < 4.78 is 5.37. The van der Waals surface area contributed by atoms with E-state index in [0.717, 1.165) is 10.7 Å². The van der Waals surface area contributed by atoms with Gasteiger partial charge in [0.1, 0.15) is 12.1 Å². The highest BCUT2D eigenvalue weighted by atomic mass is 32.2. The molecule has 0 bridgehead atoms. The summed E-state index contributed by atoms with van der Waals surface area (Å²) in [5.74, 6) is 0.834. The van der Waals surface area contributed by atoms with Crippen molar-refractivity contribution in [2.24, 2.45) is 0 Å². The molecule has 1 spiro atoms. The fourth-order valence-corrected chi connectivity index (χ4v) is 3.80. The molecule has 7 nitrogen and oxygen atoms in total. The number of imide groups is 1. The van der Waals surface area contributed by atoms with Gasteiger partial charge in [-0.1, -0.05) is 0 Å². The van der Waals surface area contributed by atoms with E-state index in [-0.39, 0.29) is 24.5 Å². The minimum Gasteiger partial charge on any atom is -0.379 e. The van der Waals surface area contributed by atoms with E-state index >= 15 is 0 Å². The Kier molecular flexibility index (Phi) is 5.69. The third kappa shape index (κ3) is 3.92. The minimum atomic E-state index is -0.785. The van der Waals surface area contributed by atoms with Gasteiger partial charge >= 0.3 is 6.03 Å². The molecule has 1 atom stereocenters. The average Bonchev–Trinajstić information content (AvgIpc) is 3.00. The molecule has 124 valence electrons. The molecular weight excluding hydrogens is 306 g/mol. The molecule has 2 aliphatic rings. The van der Waals surface area contributed by atoms with Crippen molar-refractivity contribution in [3.05, 3.63) is 0 Å². The number of carbonyl (C=O) groups excluding carboxylic acids is 3. The van der Waals surface area contributed by atoms with Crippen molar-refractivity contribution < 1.29 is 19.1 Å². The van der Waals surface area contributed by atoms with Crippen LogP contribution in [-0.4, -0.2) is 65.6 Å². The van der Waals surface area contributed by atoms with Crippen LogP contribution in [0.15, 0.2) is 0 Å². The maximum Gasteiger partial charge on any atom is 0.325 e. The lowest BCUT2D eigenvalue weighted by Crippen LogP contribution is -2.47. The van der Waals surface area contributed by atoms with Crippen molar-refractivity contribution in [1.82, 2.24) is 15.5 Å². The van der Waals surface area contributed by atoms with E-state index in [2.05, 4.69) is 10.6 Å². The zero-order valence-electron chi connectivity index (χ0n) is 13.0. The normalized spacial score (nSPS) is 24.4. The molecule has 0 saturated carbocycles. The van der Waals surface area contributed by atoms with Gasteiger partial charge in [0, 0.05) is 18.9 Å². The van der Waals surface area contributed by atoms with E-state index in [4.69, 9.17) is 4.74 Å². The van der Waals surface area contributed by atoms with E-state index in [1.54, 1.807) is 11.8 Å². The van der Waals surface area contributed by atoms with Crippen LogP contribution in [-0.2, 0) is 14.3 Å². The van der Waals surface area contributed by atoms with E-state index < -0.39 is 11.6 Å². The fraction of sp³-hybridized carbons (Fsp3) is 0.786. The SMILES string of the molecule is CC(C)OCCCNC(=O)CN1C(=O)N[C@]2(CCSC2)C1=O. The summed E-state index contributed by atoms with van der Waals surface area (Å²) in [7, 11) is 0. The lowest BCUT2D eigenvalue weighted by molar-refractivity contribution is -0.134. The summed E-state index contributed by atoms with van der Waals surface area (Å²) in [6, 6.07) is -0.467. The molecule has 4 amide bonds. The standard InChI is InChI=1S/C14H23N3O4S/c1-10(2)21-6-3-5-15-11(18)8-17-12(19)14(16-13(17)20)4-7-22-9-14/h10H,3-9H2,1-2H3,(H,15,18)(H,16,20)/t14-/m0/s1. The zero-order valence-corrected chi connectivity index (χ0v) is 13.8. The van der Waals surface area contributed by atoms with Crippen LogP contribution < -0.4 is 10.6 Å². The number of nitrogens with zero attached hydrogens (tertiary/aromatic N) is 1. The number of ether oxygens (including phenoxy) is 1. The Hall–Kier alpha value is -1.28. The Labute approximate surface area is 134 Å². The molecule has 8 heteroatoms. The molecule has 2 N–H and O–H groups in total. The van der Waals surface area contributed by atoms with Gasteiger partial charge in [-0.25, -0.2) is 4.79 Å². The molecule has 0 aliphatic carbocycles. The molecule has 0 aromatic carbocycles. The number of hydrogen-bond acceptors (Lipinski definition) is 5. The van der Waals surface area contributed by atoms with Crippen LogP contribution in [0.4, 0.5) is 4.79 Å². The van der Waals surface area contributed by atoms with Gasteiger partial charge in [-0.15, -0.1) is 0 Å². The first-order valence-corrected chi connectivity index (χ1v) is 8.70. The van der Waals surface area contributed by atoms with Crippen LogP contribution in [0.1, 0.15) is 26.7 Å². The third-order valence-corrected chi connectivity index (χ3v) is 4.85. The third-order valence-electron chi connectivity index (χ3n) is 3.66. The highest BCUT2D eigenvalue weighted by molar-refractivity contribution is 7.99. The first-order chi connectivity index (χ1) is 10.4. The quantitative estimate of drug-likeness (QED) is 0.520. The molecular formula is C14H23N3O4S. The Bertz CT molecular complexity index is 449. The van der Waals surface area contributed by atoms with E-state index in [9.17, 15) is 14.4 Å². The van der Waals surface area contributed by atoms with Gasteiger partial charge in [0.15, 0.2) is 0 Å². The predicted octanol–water partition coefficient (Wildman–Crippen LogP) is 0.345. The van der Waals surface area contributed by atoms with Crippen molar-refractivity contribution in [3.63, 3.8) is 0 Å². The molecule has 2 rings (SSSR count). The molecule has 0 radical (unpaired) electrons. The smallest absolute Gasteiger partial charge is 0.325 e. The van der Waals surface area contributed by atoms with Gasteiger partial charge in [-0.05, 0) is 32.4 Å². The van der Waals surface area contributed by atoms with Gasteiger partial charge in [0.2, 0.25) is 5.91 Å². The van der Waals surface area contributed by atoms with Crippen LogP contribution in [0.5, 0.6) is 0 Å². The van der Waals surface area contributed by atoms with Crippen molar-refractivity contribution in [3.8, 4) is 0 Å². The van der Waals surface area contributed by atoms with Crippen LogP contribution in [0, 0.1) is 0 Å². The topological polar surface area (TPSA) is 87.7 Å². The first kappa shape index (κ1) is 17.1. The number of urea groups is 1. The Morgan fingerprint density at radius 3 is 2.91 bits per heavy atom. The van der Waals surface area contributed by atoms with Crippen LogP contribution in [0.3, 0.4) is 0 Å². The summed E-state index contributed by atoms with van der Waals surface area (Å²) in [5.41, 5.74) is -0.785. The van der Waals surface area contributed by atoms with Gasteiger partial charge in [-0.2, -0.15) is 11.8 Å². The van der Waals surface area contributed by atoms with E-state index in [0.29, 0.717) is 31.7 Å². The van der Waals surface area contributed by atoms with Crippen LogP contribution in [0.25, 0.3) is 0 Å². The van der Waals surface area contributed by atoms with E-state index in [1.807, 2.05) is 13.8 Å². The maximum absolute atomic E-state index is 12.4. The second kappa shape index (κ2) is 7.32. The highest BCUT2D eigenvalue weighted by Gasteiger charge is 2.53. The molecule has 2 heterocycles. The van der Waals surface area contributed by atoms with Gasteiger partial charge in [0.25, 0.3) is 5.91 Å². The van der Waals surface area contributed by atoms with Gasteiger partial charge in [-0.3, -0.25) is 14.5 Å². The number of thioether (sulfide) groups is 1. The zero-order chi connectivity index (χ0) is 16.2. The summed E-state index contributed by atoms with van der Waals surface area (Å²) in [6.45, 7) is 4.72. The minimum absolute atomic E-state index is 0.169. The molecule has 0 aromatic rings. The highest BCUT2D eigenvalue weighted by Crippen LogP contribution is 2.33. The van der Waals surface area contributed by atoms with Crippen molar-refractivity contribution in [2.75, 3.05) is 31.2 Å². The molecule has 0 aromatic heterocycles. The Balaban J connectivity index is 1.74. The second-order valence-electron chi connectivity index (χ2n) is 5.83. The Morgan fingerprint density at radius 2 is 2.27 bits per heavy atom. The van der Waals surface area contributed by atoms with E-state index in [1.165, 1.54) is 0 Å². The maximum atomic E-state index is 12.4. The number of amides is 4. The predicted molar refractivity (Wildman–Crippen MR) is 83.6 cm³/mol.